The van der Waals surface area contributed by atoms with Crippen LogP contribution in [0.2, 0.25) is 0 Å². The molecule has 0 atom stereocenters. The van der Waals surface area contributed by atoms with Crippen molar-refractivity contribution in [2.45, 2.75) is 38.1 Å². The molecule has 2 aromatic heterocycles. The smallest absolute Gasteiger partial charge is 0.135 e. The van der Waals surface area contributed by atoms with Gasteiger partial charge >= 0.3 is 0 Å². The molecule has 1 fully saturated rings. The standard InChI is InChI=1S/C16H20N6/c1-2-13-14(3-1)18-11-20-16(13)22-8-5-12(6-9-22)21-15-4-7-17-10-19-15/h4,7,10-12H,1-3,5-6,8-9H2,(H,17,19,21). The first-order valence-corrected chi connectivity index (χ1v) is 8.00. The van der Waals surface area contributed by atoms with Gasteiger partial charge in [-0.3, -0.25) is 0 Å². The van der Waals surface area contributed by atoms with Crippen molar-refractivity contribution in [3.63, 3.8) is 0 Å². The van der Waals surface area contributed by atoms with Crippen LogP contribution in [0.1, 0.15) is 30.5 Å². The van der Waals surface area contributed by atoms with Crippen LogP contribution in [0.4, 0.5) is 11.6 Å². The molecular weight excluding hydrogens is 276 g/mol. The fraction of sp³-hybridized carbons (Fsp3) is 0.500. The van der Waals surface area contributed by atoms with Gasteiger partial charge in [0.25, 0.3) is 0 Å². The number of hydrogen-bond donors (Lipinski definition) is 1. The lowest BCUT2D eigenvalue weighted by molar-refractivity contribution is 0.521. The molecule has 1 aliphatic carbocycles. The number of anilines is 2. The van der Waals surface area contributed by atoms with Crippen LogP contribution in [0.25, 0.3) is 0 Å². The molecule has 0 amide bonds. The van der Waals surface area contributed by atoms with Gasteiger partial charge in [0.05, 0.1) is 0 Å². The molecule has 2 aliphatic rings. The largest absolute Gasteiger partial charge is 0.367 e. The molecule has 1 aliphatic heterocycles. The average Bonchev–Trinajstić information content (AvgIpc) is 3.05. The van der Waals surface area contributed by atoms with E-state index >= 15 is 0 Å². The highest BCUT2D eigenvalue weighted by Crippen LogP contribution is 2.29. The predicted octanol–water partition coefficient (Wildman–Crippen LogP) is 1.84. The van der Waals surface area contributed by atoms with Gasteiger partial charge in [-0.15, -0.1) is 0 Å². The predicted molar refractivity (Wildman–Crippen MR) is 84.9 cm³/mol. The van der Waals surface area contributed by atoms with Gasteiger partial charge < -0.3 is 10.2 Å². The third-order valence-electron chi connectivity index (χ3n) is 4.58. The van der Waals surface area contributed by atoms with Crippen LogP contribution < -0.4 is 10.2 Å². The van der Waals surface area contributed by atoms with Crippen LogP contribution in [0.15, 0.2) is 24.9 Å². The van der Waals surface area contributed by atoms with Crippen LogP contribution in [0, 0.1) is 0 Å². The summed E-state index contributed by atoms with van der Waals surface area (Å²) in [5, 5.41) is 3.49. The van der Waals surface area contributed by atoms with Crippen LogP contribution in [-0.2, 0) is 12.8 Å². The first-order chi connectivity index (χ1) is 10.9. The third kappa shape index (κ3) is 2.61. The van der Waals surface area contributed by atoms with Gasteiger partial charge in [-0.1, -0.05) is 0 Å². The first-order valence-electron chi connectivity index (χ1n) is 8.00. The highest BCUT2D eigenvalue weighted by atomic mass is 15.2. The van der Waals surface area contributed by atoms with Gasteiger partial charge in [0.2, 0.25) is 0 Å². The quantitative estimate of drug-likeness (QED) is 0.932. The second-order valence-electron chi connectivity index (χ2n) is 5.98. The van der Waals surface area contributed by atoms with Gasteiger partial charge in [0.15, 0.2) is 0 Å². The zero-order valence-corrected chi connectivity index (χ0v) is 12.6. The Kier molecular flexibility index (Phi) is 3.58. The van der Waals surface area contributed by atoms with Crippen molar-refractivity contribution in [1.29, 1.82) is 0 Å². The molecule has 0 radical (unpaired) electrons. The fourth-order valence-electron chi connectivity index (χ4n) is 3.44. The van der Waals surface area contributed by atoms with E-state index in [0.717, 1.165) is 44.6 Å². The minimum Gasteiger partial charge on any atom is -0.367 e. The van der Waals surface area contributed by atoms with Crippen molar-refractivity contribution in [2.24, 2.45) is 0 Å². The lowest BCUT2D eigenvalue weighted by Crippen LogP contribution is -2.40. The summed E-state index contributed by atoms with van der Waals surface area (Å²) in [5.41, 5.74) is 2.64. The molecule has 22 heavy (non-hydrogen) atoms. The van der Waals surface area contributed by atoms with E-state index < -0.39 is 0 Å². The maximum absolute atomic E-state index is 4.56. The van der Waals surface area contributed by atoms with E-state index in [2.05, 4.69) is 30.2 Å². The normalized spacial score (nSPS) is 18.3. The molecule has 0 spiro atoms. The number of nitrogens with one attached hydrogen (secondary N) is 1. The van der Waals surface area contributed by atoms with E-state index in [1.807, 2.05) is 6.07 Å². The number of fused-ring (bicyclic) bond motifs is 1. The summed E-state index contributed by atoms with van der Waals surface area (Å²) in [6.45, 7) is 2.07. The summed E-state index contributed by atoms with van der Waals surface area (Å²) in [4.78, 5) is 19.6. The van der Waals surface area contributed by atoms with Crippen molar-refractivity contribution in [1.82, 2.24) is 19.9 Å². The minimum absolute atomic E-state index is 0.473. The Morgan fingerprint density at radius 2 is 1.95 bits per heavy atom. The summed E-state index contributed by atoms with van der Waals surface area (Å²) in [6, 6.07) is 2.39. The average molecular weight is 296 g/mol. The van der Waals surface area contributed by atoms with E-state index in [9.17, 15) is 0 Å². The zero-order valence-electron chi connectivity index (χ0n) is 12.6. The number of piperidine rings is 1. The third-order valence-corrected chi connectivity index (χ3v) is 4.58. The summed E-state index contributed by atoms with van der Waals surface area (Å²) in [6.07, 6.45) is 10.7. The molecule has 2 aromatic rings. The number of hydrogen-bond acceptors (Lipinski definition) is 6. The first kappa shape index (κ1) is 13.4. The summed E-state index contributed by atoms with van der Waals surface area (Å²) < 4.78 is 0. The number of nitrogens with zero attached hydrogens (tertiary/aromatic N) is 5. The van der Waals surface area contributed by atoms with Crippen molar-refractivity contribution >= 4 is 11.6 Å². The van der Waals surface area contributed by atoms with Gasteiger partial charge in [0, 0.05) is 36.6 Å². The van der Waals surface area contributed by atoms with Gasteiger partial charge in [-0.05, 0) is 38.2 Å². The minimum atomic E-state index is 0.473. The molecule has 0 bridgehead atoms. The topological polar surface area (TPSA) is 66.8 Å². The number of aromatic nitrogens is 4. The SMILES string of the molecule is c1cc(NC2CCN(c3ncnc4c3CCC4)CC2)ncn1. The number of aryl methyl sites for hydroxylation is 1. The Hall–Kier alpha value is -2.24. The van der Waals surface area contributed by atoms with Crippen LogP contribution in [-0.4, -0.2) is 39.1 Å². The molecule has 114 valence electrons. The number of rotatable bonds is 3. The van der Waals surface area contributed by atoms with Crippen molar-refractivity contribution in [3.8, 4) is 0 Å². The van der Waals surface area contributed by atoms with Gasteiger partial charge in [0.1, 0.15) is 24.3 Å². The Morgan fingerprint density at radius 1 is 1.05 bits per heavy atom. The Morgan fingerprint density at radius 3 is 2.77 bits per heavy atom. The fourth-order valence-corrected chi connectivity index (χ4v) is 3.44. The van der Waals surface area contributed by atoms with Gasteiger partial charge in [-0.25, -0.2) is 19.9 Å². The molecular formula is C16H20N6. The van der Waals surface area contributed by atoms with Crippen LogP contribution in [0.3, 0.4) is 0 Å². The summed E-state index contributed by atoms with van der Waals surface area (Å²) >= 11 is 0. The maximum atomic E-state index is 4.56. The zero-order chi connectivity index (χ0) is 14.8. The molecule has 1 N–H and O–H groups in total. The van der Waals surface area contributed by atoms with Crippen molar-refractivity contribution in [2.75, 3.05) is 23.3 Å². The van der Waals surface area contributed by atoms with Crippen LogP contribution in [0.5, 0.6) is 0 Å². The Bertz CT molecular complexity index is 636. The van der Waals surface area contributed by atoms with Crippen molar-refractivity contribution < 1.29 is 0 Å². The maximum Gasteiger partial charge on any atom is 0.135 e. The molecule has 0 unspecified atom stereocenters. The summed E-state index contributed by atoms with van der Waals surface area (Å²) in [7, 11) is 0. The molecule has 4 rings (SSSR count). The van der Waals surface area contributed by atoms with E-state index in [-0.39, 0.29) is 0 Å². The van der Waals surface area contributed by atoms with E-state index in [1.165, 1.54) is 23.5 Å². The molecule has 0 saturated carbocycles. The van der Waals surface area contributed by atoms with Crippen molar-refractivity contribution in [3.05, 3.63) is 36.2 Å². The van der Waals surface area contributed by atoms with Gasteiger partial charge in [-0.2, -0.15) is 0 Å². The Balaban J connectivity index is 1.41. The molecule has 6 nitrogen and oxygen atoms in total. The van der Waals surface area contributed by atoms with E-state index in [0.29, 0.717) is 6.04 Å². The molecule has 0 aromatic carbocycles. The Labute approximate surface area is 130 Å². The molecule has 1 saturated heterocycles. The molecule has 6 heteroatoms. The monoisotopic (exact) mass is 296 g/mol. The van der Waals surface area contributed by atoms with E-state index in [4.69, 9.17) is 0 Å². The molecule has 3 heterocycles. The van der Waals surface area contributed by atoms with E-state index in [1.54, 1.807) is 18.9 Å². The lowest BCUT2D eigenvalue weighted by atomic mass is 10.0. The summed E-state index contributed by atoms with van der Waals surface area (Å²) in [5.74, 6) is 2.08. The highest BCUT2D eigenvalue weighted by molar-refractivity contribution is 5.51. The second-order valence-corrected chi connectivity index (χ2v) is 5.98. The highest BCUT2D eigenvalue weighted by Gasteiger charge is 2.25. The van der Waals surface area contributed by atoms with Crippen LogP contribution >= 0.6 is 0 Å². The lowest BCUT2D eigenvalue weighted by Gasteiger charge is -2.34. The second kappa shape index (κ2) is 5.87.